The van der Waals surface area contributed by atoms with Crippen molar-refractivity contribution in [3.63, 3.8) is 0 Å². The van der Waals surface area contributed by atoms with Crippen LogP contribution in [0.25, 0.3) is 0 Å². The summed E-state index contributed by atoms with van der Waals surface area (Å²) >= 11 is 0. The van der Waals surface area contributed by atoms with Gasteiger partial charge in [0, 0.05) is 32.9 Å². The van der Waals surface area contributed by atoms with Crippen molar-refractivity contribution >= 4 is 33.6 Å². The molecule has 1 aromatic heterocycles. The molecule has 1 heterocycles. The van der Waals surface area contributed by atoms with E-state index < -0.39 is 10.0 Å². The Morgan fingerprint density at radius 3 is 2.06 bits per heavy atom. The molecular weight excluding hydrogens is 483 g/mol. The van der Waals surface area contributed by atoms with Crippen molar-refractivity contribution in [2.75, 3.05) is 49.7 Å². The number of benzene rings is 2. The Balaban J connectivity index is 1.65. The summed E-state index contributed by atoms with van der Waals surface area (Å²) in [4.78, 5) is 13.5. The van der Waals surface area contributed by atoms with Crippen LogP contribution in [-0.2, 0) is 16.4 Å². The third kappa shape index (κ3) is 8.11. The number of rotatable bonds is 14. The van der Waals surface area contributed by atoms with Crippen LogP contribution in [0.3, 0.4) is 0 Å². The molecule has 5 N–H and O–H groups in total. The second-order valence-electron chi connectivity index (χ2n) is 8.32. The van der Waals surface area contributed by atoms with Crippen LogP contribution in [0, 0.1) is 5.82 Å². The Hall–Kier alpha value is -3.35. The number of hydrogen-bond acceptors (Lipinski definition) is 9. The first kappa shape index (κ1) is 27.2. The number of aromatic nitrogens is 3. The quantitative estimate of drug-likeness (QED) is 0.238. The minimum Gasteiger partial charge on any atom is -0.354 e. The van der Waals surface area contributed by atoms with Crippen molar-refractivity contribution in [3.8, 4) is 0 Å². The molecule has 0 aliphatic carbocycles. The third-order valence-electron chi connectivity index (χ3n) is 5.30. The van der Waals surface area contributed by atoms with Gasteiger partial charge in [0.25, 0.3) is 0 Å². The van der Waals surface area contributed by atoms with Crippen LogP contribution in [0.15, 0.2) is 53.4 Å². The fourth-order valence-electron chi connectivity index (χ4n) is 3.26. The Kier molecular flexibility index (Phi) is 9.91. The zero-order valence-electron chi connectivity index (χ0n) is 20.5. The van der Waals surface area contributed by atoms with Crippen LogP contribution in [-0.4, -0.2) is 61.4 Å². The number of nitrogens with zero attached hydrogens (tertiary/aromatic N) is 4. The monoisotopic (exact) mass is 516 g/mol. The van der Waals surface area contributed by atoms with Gasteiger partial charge < -0.3 is 21.7 Å². The van der Waals surface area contributed by atoms with E-state index in [0.29, 0.717) is 49.6 Å². The first-order valence-corrected chi connectivity index (χ1v) is 13.2. The molecule has 3 rings (SSSR count). The number of unbranched alkanes of at least 4 members (excludes halogenated alkanes) is 2. The van der Waals surface area contributed by atoms with Gasteiger partial charge in [-0.05, 0) is 67.8 Å². The van der Waals surface area contributed by atoms with Crippen molar-refractivity contribution in [2.24, 2.45) is 5.73 Å². The zero-order chi connectivity index (χ0) is 26.0. The number of anilines is 4. The largest absolute Gasteiger partial charge is 0.354 e. The van der Waals surface area contributed by atoms with E-state index >= 15 is 0 Å². The number of halogens is 1. The van der Waals surface area contributed by atoms with Crippen LogP contribution >= 0.6 is 0 Å². The number of hydrogen-bond donors (Lipinski definition) is 4. The van der Waals surface area contributed by atoms with Crippen LogP contribution < -0.4 is 21.7 Å². The summed E-state index contributed by atoms with van der Waals surface area (Å²) in [7, 11) is -0.450. The van der Waals surface area contributed by atoms with E-state index in [1.54, 1.807) is 36.4 Å². The highest BCUT2D eigenvalue weighted by Gasteiger charge is 2.16. The van der Waals surface area contributed by atoms with Crippen molar-refractivity contribution in [3.05, 3.63) is 59.9 Å². The van der Waals surface area contributed by atoms with Crippen molar-refractivity contribution in [1.29, 1.82) is 0 Å². The molecule has 0 spiro atoms. The van der Waals surface area contributed by atoms with E-state index in [1.165, 1.54) is 30.5 Å². The van der Waals surface area contributed by atoms with Crippen LogP contribution in [0.2, 0.25) is 0 Å². The summed E-state index contributed by atoms with van der Waals surface area (Å²) in [6.45, 7) is 1.89. The second-order valence-corrected chi connectivity index (χ2v) is 10.5. The molecule has 0 amide bonds. The predicted octanol–water partition coefficient (Wildman–Crippen LogP) is 3.20. The van der Waals surface area contributed by atoms with Crippen LogP contribution in [0.1, 0.15) is 24.8 Å². The van der Waals surface area contributed by atoms with Gasteiger partial charge in [-0.15, -0.1) is 0 Å². The molecule has 0 saturated carbocycles. The fourth-order valence-corrected chi connectivity index (χ4v) is 4.16. The lowest BCUT2D eigenvalue weighted by atomic mass is 10.1. The van der Waals surface area contributed by atoms with Crippen molar-refractivity contribution in [1.82, 2.24) is 19.3 Å². The molecule has 3 aromatic rings. The highest BCUT2D eigenvalue weighted by Crippen LogP contribution is 2.17. The minimum absolute atomic E-state index is 0.250. The molecule has 12 heteroatoms. The van der Waals surface area contributed by atoms with E-state index in [9.17, 15) is 12.8 Å². The molecule has 36 heavy (non-hydrogen) atoms. The summed E-state index contributed by atoms with van der Waals surface area (Å²) in [5.41, 5.74) is 7.17. The average molecular weight is 517 g/mol. The van der Waals surface area contributed by atoms with Gasteiger partial charge in [-0.1, -0.05) is 18.6 Å². The van der Waals surface area contributed by atoms with Gasteiger partial charge in [0.15, 0.2) is 0 Å². The molecule has 0 unspecified atom stereocenters. The SMILES string of the molecule is CN(C)S(=O)(=O)c1ccc(CCNc2nc(NCCCCCN)nc(Nc3ccc(F)cc3)n2)cc1. The van der Waals surface area contributed by atoms with Gasteiger partial charge in [0.2, 0.25) is 27.9 Å². The molecule has 2 aromatic carbocycles. The van der Waals surface area contributed by atoms with E-state index in [-0.39, 0.29) is 10.7 Å². The lowest BCUT2D eigenvalue weighted by Gasteiger charge is -2.12. The second kappa shape index (κ2) is 13.1. The van der Waals surface area contributed by atoms with Gasteiger partial charge in [-0.25, -0.2) is 17.1 Å². The molecule has 0 atom stereocenters. The fraction of sp³-hybridized carbons (Fsp3) is 0.375. The van der Waals surface area contributed by atoms with Crippen molar-refractivity contribution in [2.45, 2.75) is 30.6 Å². The van der Waals surface area contributed by atoms with Crippen LogP contribution in [0.5, 0.6) is 0 Å². The number of sulfonamides is 1. The minimum atomic E-state index is -3.46. The Morgan fingerprint density at radius 2 is 1.44 bits per heavy atom. The standard InChI is InChI=1S/C24H33FN8O2S/c1-33(2)36(34,35)21-12-6-18(7-13-21)14-17-28-23-30-22(27-16-5-3-4-15-26)31-24(32-23)29-20-10-8-19(25)9-11-20/h6-13H,3-5,14-17,26H2,1-2H3,(H3,27,28,29,30,31,32). The van der Waals surface area contributed by atoms with Gasteiger partial charge in [0.05, 0.1) is 4.90 Å². The zero-order valence-corrected chi connectivity index (χ0v) is 21.4. The molecule has 10 nitrogen and oxygen atoms in total. The number of nitrogens with one attached hydrogen (secondary N) is 3. The molecule has 0 aliphatic rings. The van der Waals surface area contributed by atoms with Crippen LogP contribution in [0.4, 0.5) is 27.9 Å². The Labute approximate surface area is 211 Å². The highest BCUT2D eigenvalue weighted by molar-refractivity contribution is 7.89. The van der Waals surface area contributed by atoms with Gasteiger partial charge >= 0.3 is 0 Å². The normalized spacial score (nSPS) is 11.5. The topological polar surface area (TPSA) is 138 Å². The lowest BCUT2D eigenvalue weighted by molar-refractivity contribution is 0.520. The summed E-state index contributed by atoms with van der Waals surface area (Å²) in [6.07, 6.45) is 3.54. The van der Waals surface area contributed by atoms with E-state index in [2.05, 4.69) is 30.9 Å². The molecule has 194 valence electrons. The molecule has 0 bridgehead atoms. The smallest absolute Gasteiger partial charge is 0.242 e. The first-order chi connectivity index (χ1) is 17.3. The summed E-state index contributed by atoms with van der Waals surface area (Å²) in [5, 5.41) is 9.48. The van der Waals surface area contributed by atoms with E-state index in [0.717, 1.165) is 24.8 Å². The molecule has 0 aliphatic heterocycles. The summed E-state index contributed by atoms with van der Waals surface area (Å²) in [5.74, 6) is 0.793. The van der Waals surface area contributed by atoms with E-state index in [4.69, 9.17) is 5.73 Å². The molecule has 0 fully saturated rings. The molecular formula is C24H33FN8O2S. The molecule has 0 saturated heterocycles. The summed E-state index contributed by atoms with van der Waals surface area (Å²) < 4.78 is 38.9. The number of nitrogens with two attached hydrogens (primary N) is 1. The maximum atomic E-state index is 13.2. The van der Waals surface area contributed by atoms with Gasteiger partial charge in [-0.3, -0.25) is 0 Å². The van der Waals surface area contributed by atoms with Crippen molar-refractivity contribution < 1.29 is 12.8 Å². The van der Waals surface area contributed by atoms with Gasteiger partial charge in [-0.2, -0.15) is 15.0 Å². The maximum absolute atomic E-state index is 13.2. The van der Waals surface area contributed by atoms with E-state index in [1.807, 2.05) is 0 Å². The van der Waals surface area contributed by atoms with Gasteiger partial charge in [0.1, 0.15) is 5.82 Å². The highest BCUT2D eigenvalue weighted by atomic mass is 32.2. The maximum Gasteiger partial charge on any atom is 0.242 e. The lowest BCUT2D eigenvalue weighted by Crippen LogP contribution is -2.22. The Bertz CT molecular complexity index is 1210. The third-order valence-corrected chi connectivity index (χ3v) is 7.13. The first-order valence-electron chi connectivity index (χ1n) is 11.8. The molecule has 0 radical (unpaired) electrons. The Morgan fingerprint density at radius 1 is 0.833 bits per heavy atom. The summed E-state index contributed by atoms with van der Waals surface area (Å²) in [6, 6.07) is 12.7. The predicted molar refractivity (Wildman–Crippen MR) is 140 cm³/mol. The average Bonchev–Trinajstić information content (AvgIpc) is 2.85.